The molecule has 0 aromatic heterocycles. The van der Waals surface area contributed by atoms with Crippen molar-refractivity contribution >= 4 is 11.9 Å². The average Bonchev–Trinajstić information content (AvgIpc) is 3.43. The summed E-state index contributed by atoms with van der Waals surface area (Å²) in [7, 11) is 0. The van der Waals surface area contributed by atoms with Crippen LogP contribution < -0.4 is 0 Å². The summed E-state index contributed by atoms with van der Waals surface area (Å²) < 4.78 is 23.8. The number of hydrogen-bond acceptors (Lipinski definition) is 6. The third-order valence-corrected chi connectivity index (χ3v) is 9.25. The molecule has 0 N–H and O–H groups in total. The number of esters is 2. The summed E-state index contributed by atoms with van der Waals surface area (Å²) in [5.41, 5.74) is 2.19. The van der Waals surface area contributed by atoms with Crippen molar-refractivity contribution in [1.82, 2.24) is 0 Å². The zero-order valence-corrected chi connectivity index (χ0v) is 25.6. The maximum Gasteiger partial charge on any atom is 0.338 e. The molecule has 1 saturated heterocycles. The second-order valence-electron chi connectivity index (χ2n) is 11.8. The summed E-state index contributed by atoms with van der Waals surface area (Å²) in [6.45, 7) is 10.4. The van der Waals surface area contributed by atoms with Gasteiger partial charge in [-0.25, -0.2) is 9.59 Å². The predicted molar refractivity (Wildman–Crippen MR) is 164 cm³/mol. The van der Waals surface area contributed by atoms with E-state index in [1.165, 1.54) is 12.0 Å². The molecule has 4 rings (SSSR count). The van der Waals surface area contributed by atoms with Gasteiger partial charge in [-0.15, -0.1) is 6.58 Å². The molecular weight excluding hydrogens is 528 g/mol. The van der Waals surface area contributed by atoms with Crippen LogP contribution in [-0.2, 0) is 34.3 Å². The average molecular weight is 577 g/mol. The molecule has 228 valence electrons. The van der Waals surface area contributed by atoms with E-state index in [9.17, 15) is 9.59 Å². The van der Waals surface area contributed by atoms with Gasteiger partial charge in [-0.2, -0.15) is 0 Å². The lowest BCUT2D eigenvalue weighted by Crippen LogP contribution is -2.40. The normalized spacial score (nSPS) is 25.8. The summed E-state index contributed by atoms with van der Waals surface area (Å²) in [6, 6.07) is 20.5. The molecule has 1 unspecified atom stereocenters. The SMILES string of the molecule is C=CC(CC1(c2ccccc2)O[C@@H](C(=O)OCC)[C@H](C(=O)OCC)O1)C1(CCCCC)CCC(c2ccccc2)CC1. The van der Waals surface area contributed by atoms with Crippen molar-refractivity contribution in [3.05, 3.63) is 84.4 Å². The van der Waals surface area contributed by atoms with Gasteiger partial charge >= 0.3 is 11.9 Å². The van der Waals surface area contributed by atoms with Crippen molar-refractivity contribution in [1.29, 1.82) is 0 Å². The molecule has 1 heterocycles. The number of carbonyl (C=O) groups excluding carboxylic acids is 2. The summed E-state index contributed by atoms with van der Waals surface area (Å²) in [5.74, 6) is -1.99. The Morgan fingerprint density at radius 2 is 1.43 bits per heavy atom. The fourth-order valence-corrected chi connectivity index (χ4v) is 7.02. The van der Waals surface area contributed by atoms with Crippen molar-refractivity contribution in [2.24, 2.45) is 11.3 Å². The third-order valence-electron chi connectivity index (χ3n) is 9.25. The van der Waals surface area contributed by atoms with Gasteiger partial charge in [0.15, 0.2) is 18.0 Å². The van der Waals surface area contributed by atoms with E-state index in [1.54, 1.807) is 13.8 Å². The van der Waals surface area contributed by atoms with Crippen LogP contribution in [0.4, 0.5) is 0 Å². The van der Waals surface area contributed by atoms with Crippen LogP contribution in [0.3, 0.4) is 0 Å². The Kier molecular flexibility index (Phi) is 11.4. The first kappa shape index (κ1) is 32.0. The Bertz CT molecular complexity index is 1110. The zero-order valence-electron chi connectivity index (χ0n) is 25.6. The molecular formula is C36H48O6. The van der Waals surface area contributed by atoms with Gasteiger partial charge in [0.1, 0.15) is 0 Å². The second kappa shape index (κ2) is 15.0. The van der Waals surface area contributed by atoms with E-state index in [1.807, 2.05) is 30.3 Å². The molecule has 2 aromatic rings. The number of unbranched alkanes of at least 4 members (excludes halogenated alkanes) is 2. The molecule has 42 heavy (non-hydrogen) atoms. The zero-order chi connectivity index (χ0) is 30.0. The fraction of sp³-hybridized carbons (Fsp3) is 0.556. The Hall–Kier alpha value is -2.96. The molecule has 2 aliphatic rings. The summed E-state index contributed by atoms with van der Waals surface area (Å²) in [6.07, 6.45) is 8.98. The highest BCUT2D eigenvalue weighted by atomic mass is 16.8. The molecule has 0 amide bonds. The van der Waals surface area contributed by atoms with Crippen LogP contribution in [0.2, 0.25) is 0 Å². The first-order valence-corrected chi connectivity index (χ1v) is 15.8. The molecule has 2 aromatic carbocycles. The highest BCUT2D eigenvalue weighted by Crippen LogP contribution is 2.55. The summed E-state index contributed by atoms with van der Waals surface area (Å²) in [4.78, 5) is 26.2. The topological polar surface area (TPSA) is 71.1 Å². The highest BCUT2D eigenvalue weighted by molar-refractivity contribution is 5.86. The molecule has 0 bridgehead atoms. The minimum atomic E-state index is -1.33. The molecule has 0 spiro atoms. The largest absolute Gasteiger partial charge is 0.464 e. The van der Waals surface area contributed by atoms with Gasteiger partial charge in [-0.05, 0) is 68.8 Å². The molecule has 3 atom stereocenters. The Morgan fingerprint density at radius 3 is 1.93 bits per heavy atom. The van der Waals surface area contributed by atoms with E-state index in [0.29, 0.717) is 12.3 Å². The molecule has 2 fully saturated rings. The van der Waals surface area contributed by atoms with Gasteiger partial charge in [0, 0.05) is 12.0 Å². The first-order valence-electron chi connectivity index (χ1n) is 15.8. The van der Waals surface area contributed by atoms with Crippen LogP contribution in [0.1, 0.15) is 95.6 Å². The lowest BCUT2D eigenvalue weighted by molar-refractivity contribution is -0.209. The van der Waals surface area contributed by atoms with E-state index >= 15 is 0 Å². The van der Waals surface area contributed by atoms with Gasteiger partial charge in [0.2, 0.25) is 0 Å². The van der Waals surface area contributed by atoms with Crippen LogP contribution in [0.15, 0.2) is 73.3 Å². The van der Waals surface area contributed by atoms with Crippen LogP contribution in [0.5, 0.6) is 0 Å². The quantitative estimate of drug-likeness (QED) is 0.129. The standard InChI is InChI=1S/C36H48O6/c1-5-9-16-23-35(24-21-28(22-25-35)27-17-12-10-13-18-27)29(6-2)26-36(30-19-14-11-15-20-30)41-31(33(37)39-7-3)32(42-36)34(38)40-8-4/h6,10-15,17-20,28-29,31-32H,2,5,7-9,16,21-26H2,1,3-4H3/t28?,29?,31-,32-,35?/m1/s1. The maximum absolute atomic E-state index is 13.1. The minimum Gasteiger partial charge on any atom is -0.464 e. The number of hydrogen-bond donors (Lipinski definition) is 0. The van der Waals surface area contributed by atoms with Crippen LogP contribution in [0, 0.1) is 11.3 Å². The van der Waals surface area contributed by atoms with Crippen LogP contribution in [0.25, 0.3) is 0 Å². The van der Waals surface area contributed by atoms with Crippen LogP contribution in [-0.4, -0.2) is 37.4 Å². The summed E-state index contributed by atoms with van der Waals surface area (Å²) >= 11 is 0. The third kappa shape index (κ3) is 7.15. The van der Waals surface area contributed by atoms with Gasteiger partial charge in [-0.1, -0.05) is 92.9 Å². The Labute approximate surface area is 251 Å². The fourth-order valence-electron chi connectivity index (χ4n) is 7.02. The number of rotatable bonds is 14. The van der Waals surface area contributed by atoms with Crippen molar-refractivity contribution < 1.29 is 28.5 Å². The van der Waals surface area contributed by atoms with Crippen LogP contribution >= 0.6 is 0 Å². The monoisotopic (exact) mass is 576 g/mol. The number of allylic oxidation sites excluding steroid dienone is 1. The highest BCUT2D eigenvalue weighted by Gasteiger charge is 2.57. The molecule has 0 radical (unpaired) electrons. The van der Waals surface area contributed by atoms with E-state index in [0.717, 1.165) is 50.5 Å². The van der Waals surface area contributed by atoms with Gasteiger partial charge in [0.05, 0.1) is 13.2 Å². The Balaban J connectivity index is 1.69. The van der Waals surface area contributed by atoms with Crippen molar-refractivity contribution in [3.63, 3.8) is 0 Å². The number of ether oxygens (including phenoxy) is 4. The van der Waals surface area contributed by atoms with Gasteiger partial charge in [-0.3, -0.25) is 0 Å². The summed E-state index contributed by atoms with van der Waals surface area (Å²) in [5, 5.41) is 0. The van der Waals surface area contributed by atoms with Crippen molar-refractivity contribution in [3.8, 4) is 0 Å². The molecule has 1 aliphatic heterocycles. The lowest BCUT2D eigenvalue weighted by Gasteiger charge is -2.47. The predicted octanol–water partition coefficient (Wildman–Crippen LogP) is 7.87. The van der Waals surface area contributed by atoms with Crippen molar-refractivity contribution in [2.45, 2.75) is 102 Å². The van der Waals surface area contributed by atoms with Gasteiger partial charge in [0.25, 0.3) is 0 Å². The molecule has 1 aliphatic carbocycles. The number of carbonyl (C=O) groups is 2. The minimum absolute atomic E-state index is 0.0120. The first-order chi connectivity index (χ1) is 20.4. The van der Waals surface area contributed by atoms with E-state index in [2.05, 4.69) is 49.9 Å². The molecule has 1 saturated carbocycles. The van der Waals surface area contributed by atoms with E-state index < -0.39 is 29.9 Å². The lowest BCUT2D eigenvalue weighted by atomic mass is 9.59. The molecule has 6 heteroatoms. The molecule has 6 nitrogen and oxygen atoms in total. The van der Waals surface area contributed by atoms with E-state index in [4.69, 9.17) is 18.9 Å². The van der Waals surface area contributed by atoms with Gasteiger partial charge < -0.3 is 18.9 Å². The number of benzene rings is 2. The Morgan fingerprint density at radius 1 is 0.881 bits per heavy atom. The van der Waals surface area contributed by atoms with Crippen molar-refractivity contribution in [2.75, 3.05) is 13.2 Å². The smallest absolute Gasteiger partial charge is 0.338 e. The second-order valence-corrected chi connectivity index (χ2v) is 11.8. The maximum atomic E-state index is 13.1. The van der Waals surface area contributed by atoms with E-state index in [-0.39, 0.29) is 24.5 Å².